The predicted octanol–water partition coefficient (Wildman–Crippen LogP) is 2.37. The second-order valence-corrected chi connectivity index (χ2v) is 6.39. The van der Waals surface area contributed by atoms with Crippen LogP contribution in [0.25, 0.3) is 0 Å². The Morgan fingerprint density at radius 1 is 1.33 bits per heavy atom. The number of rotatable bonds is 7. The Hall–Kier alpha value is -1.79. The highest BCUT2D eigenvalue weighted by molar-refractivity contribution is 6.35. The maximum atomic E-state index is 12.0. The van der Waals surface area contributed by atoms with Crippen molar-refractivity contribution in [1.29, 1.82) is 0 Å². The number of benzene rings is 1. The molecule has 1 heterocycles. The van der Waals surface area contributed by atoms with Gasteiger partial charge in [-0.2, -0.15) is 0 Å². The largest absolute Gasteiger partial charge is 0.354 e. The van der Waals surface area contributed by atoms with Crippen molar-refractivity contribution < 1.29 is 14.4 Å². The van der Waals surface area contributed by atoms with Gasteiger partial charge >= 0.3 is 6.03 Å². The van der Waals surface area contributed by atoms with Crippen LogP contribution in [0.1, 0.15) is 25.3 Å². The number of nitrogens with one attached hydrogen (secondary N) is 2. The lowest BCUT2D eigenvalue weighted by atomic mass is 10.1. The molecule has 2 rings (SSSR count). The van der Waals surface area contributed by atoms with Crippen LogP contribution in [0.3, 0.4) is 0 Å². The number of hydrogen-bond acceptors (Lipinski definition) is 3. The SMILES string of the molecule is CCC[C@@H]1NC(=O)N(CC(=O)NCCc2ccc(Cl)cc2Cl)C1=O. The van der Waals surface area contributed by atoms with Gasteiger partial charge in [-0.15, -0.1) is 0 Å². The molecule has 1 aromatic carbocycles. The van der Waals surface area contributed by atoms with Crippen LogP contribution in [0, 0.1) is 0 Å². The number of urea groups is 1. The van der Waals surface area contributed by atoms with Gasteiger partial charge in [0.2, 0.25) is 5.91 Å². The first-order valence-corrected chi connectivity index (χ1v) is 8.50. The molecule has 0 unspecified atom stereocenters. The van der Waals surface area contributed by atoms with Crippen molar-refractivity contribution in [1.82, 2.24) is 15.5 Å². The zero-order valence-corrected chi connectivity index (χ0v) is 14.8. The van der Waals surface area contributed by atoms with Crippen molar-refractivity contribution >= 4 is 41.0 Å². The Kier molecular flexibility index (Phi) is 6.45. The number of imide groups is 1. The lowest BCUT2D eigenvalue weighted by molar-refractivity contribution is -0.132. The molecular formula is C16H19Cl2N3O3. The van der Waals surface area contributed by atoms with E-state index in [0.717, 1.165) is 16.9 Å². The fourth-order valence-electron chi connectivity index (χ4n) is 2.47. The van der Waals surface area contributed by atoms with Crippen molar-refractivity contribution in [3.63, 3.8) is 0 Å². The van der Waals surface area contributed by atoms with E-state index in [1.54, 1.807) is 18.2 Å². The van der Waals surface area contributed by atoms with Gasteiger partial charge in [-0.1, -0.05) is 42.6 Å². The Bertz CT molecular complexity index is 651. The monoisotopic (exact) mass is 371 g/mol. The summed E-state index contributed by atoms with van der Waals surface area (Å²) in [5.74, 6) is -0.738. The van der Waals surface area contributed by atoms with Crippen LogP contribution in [0.2, 0.25) is 10.0 Å². The number of nitrogens with zero attached hydrogens (tertiary/aromatic N) is 1. The highest BCUT2D eigenvalue weighted by Crippen LogP contribution is 2.21. The summed E-state index contributed by atoms with van der Waals surface area (Å²) in [7, 11) is 0. The van der Waals surface area contributed by atoms with Gasteiger partial charge in [-0.05, 0) is 30.5 Å². The predicted molar refractivity (Wildman–Crippen MR) is 92.1 cm³/mol. The molecule has 0 saturated carbocycles. The molecule has 0 spiro atoms. The van der Waals surface area contributed by atoms with E-state index in [1.165, 1.54) is 0 Å². The average Bonchev–Trinajstić information content (AvgIpc) is 2.77. The van der Waals surface area contributed by atoms with Crippen molar-refractivity contribution in [3.05, 3.63) is 33.8 Å². The highest BCUT2D eigenvalue weighted by atomic mass is 35.5. The third-order valence-electron chi connectivity index (χ3n) is 3.72. The topological polar surface area (TPSA) is 78.5 Å². The molecule has 6 nitrogen and oxygen atoms in total. The number of halogens is 2. The van der Waals surface area contributed by atoms with E-state index in [1.807, 2.05) is 6.92 Å². The van der Waals surface area contributed by atoms with E-state index < -0.39 is 12.1 Å². The number of carbonyl (C=O) groups excluding carboxylic acids is 3. The second-order valence-electron chi connectivity index (χ2n) is 5.55. The Labute approximate surface area is 150 Å². The molecule has 2 N–H and O–H groups in total. The van der Waals surface area contributed by atoms with Gasteiger partial charge in [0.25, 0.3) is 5.91 Å². The zero-order chi connectivity index (χ0) is 17.7. The minimum atomic E-state index is -0.525. The summed E-state index contributed by atoms with van der Waals surface area (Å²) < 4.78 is 0. The smallest absolute Gasteiger partial charge is 0.325 e. The molecule has 8 heteroatoms. The molecule has 0 radical (unpaired) electrons. The number of hydrogen-bond donors (Lipinski definition) is 2. The summed E-state index contributed by atoms with van der Waals surface area (Å²) >= 11 is 11.9. The fourth-order valence-corrected chi connectivity index (χ4v) is 2.97. The van der Waals surface area contributed by atoms with Crippen LogP contribution in [-0.2, 0) is 16.0 Å². The summed E-state index contributed by atoms with van der Waals surface area (Å²) in [5.41, 5.74) is 0.861. The Morgan fingerprint density at radius 2 is 2.08 bits per heavy atom. The molecule has 1 aliphatic rings. The molecular weight excluding hydrogens is 353 g/mol. The molecule has 4 amide bonds. The lowest BCUT2D eigenvalue weighted by Gasteiger charge is -2.13. The standard InChI is InChI=1S/C16H19Cl2N3O3/c1-2-3-13-15(23)21(16(24)20-13)9-14(22)19-7-6-10-4-5-11(17)8-12(10)18/h4-5,8,13H,2-3,6-7,9H2,1H3,(H,19,22)(H,20,24)/t13-/m0/s1. The lowest BCUT2D eigenvalue weighted by Crippen LogP contribution is -2.41. The van der Waals surface area contributed by atoms with Gasteiger partial charge in [0, 0.05) is 16.6 Å². The van der Waals surface area contributed by atoms with Crippen molar-refractivity contribution in [2.45, 2.75) is 32.2 Å². The number of amides is 4. The van der Waals surface area contributed by atoms with Crippen LogP contribution >= 0.6 is 23.2 Å². The van der Waals surface area contributed by atoms with Gasteiger partial charge in [-0.3, -0.25) is 14.5 Å². The van der Waals surface area contributed by atoms with Gasteiger partial charge in [0.15, 0.2) is 0 Å². The van der Waals surface area contributed by atoms with Crippen LogP contribution < -0.4 is 10.6 Å². The van der Waals surface area contributed by atoms with Crippen LogP contribution in [0.5, 0.6) is 0 Å². The Balaban J connectivity index is 1.81. The van der Waals surface area contributed by atoms with E-state index in [9.17, 15) is 14.4 Å². The molecule has 24 heavy (non-hydrogen) atoms. The summed E-state index contributed by atoms with van der Waals surface area (Å²) in [5, 5.41) is 6.35. The first kappa shape index (κ1) is 18.5. The molecule has 1 fully saturated rings. The highest BCUT2D eigenvalue weighted by Gasteiger charge is 2.38. The minimum absolute atomic E-state index is 0.279. The average molecular weight is 372 g/mol. The maximum absolute atomic E-state index is 12.0. The molecule has 0 bridgehead atoms. The van der Waals surface area contributed by atoms with Crippen molar-refractivity contribution in [2.24, 2.45) is 0 Å². The molecule has 1 atom stereocenters. The summed E-state index contributed by atoms with van der Waals surface area (Å²) in [6.45, 7) is 2.00. The molecule has 1 aromatic rings. The van der Waals surface area contributed by atoms with E-state index in [0.29, 0.717) is 29.4 Å². The zero-order valence-electron chi connectivity index (χ0n) is 13.3. The summed E-state index contributed by atoms with van der Waals surface area (Å²) in [6, 6.07) is 4.12. The summed E-state index contributed by atoms with van der Waals surface area (Å²) in [6.07, 6.45) is 1.87. The van der Waals surface area contributed by atoms with Gasteiger partial charge in [0.05, 0.1) is 0 Å². The van der Waals surface area contributed by atoms with Crippen LogP contribution in [0.15, 0.2) is 18.2 Å². The minimum Gasteiger partial charge on any atom is -0.354 e. The maximum Gasteiger partial charge on any atom is 0.325 e. The third-order valence-corrected chi connectivity index (χ3v) is 4.30. The summed E-state index contributed by atoms with van der Waals surface area (Å²) in [4.78, 5) is 36.7. The molecule has 130 valence electrons. The van der Waals surface area contributed by atoms with E-state index in [-0.39, 0.29) is 18.4 Å². The molecule has 1 aliphatic heterocycles. The fraction of sp³-hybridized carbons (Fsp3) is 0.438. The second kappa shape index (κ2) is 8.35. The first-order chi connectivity index (χ1) is 11.4. The van der Waals surface area contributed by atoms with E-state index in [2.05, 4.69) is 10.6 Å². The molecule has 0 aromatic heterocycles. The van der Waals surface area contributed by atoms with Crippen molar-refractivity contribution in [3.8, 4) is 0 Å². The van der Waals surface area contributed by atoms with Crippen molar-refractivity contribution in [2.75, 3.05) is 13.1 Å². The Morgan fingerprint density at radius 3 is 2.75 bits per heavy atom. The third kappa shape index (κ3) is 4.61. The van der Waals surface area contributed by atoms with Gasteiger partial charge in [-0.25, -0.2) is 4.79 Å². The van der Waals surface area contributed by atoms with Crippen LogP contribution in [0.4, 0.5) is 4.79 Å². The number of carbonyl (C=O) groups is 3. The normalized spacial score (nSPS) is 17.1. The molecule has 0 aliphatic carbocycles. The quantitative estimate of drug-likeness (QED) is 0.722. The molecule has 1 saturated heterocycles. The first-order valence-electron chi connectivity index (χ1n) is 7.75. The van der Waals surface area contributed by atoms with Crippen LogP contribution in [-0.4, -0.2) is 41.9 Å². The van der Waals surface area contributed by atoms with E-state index in [4.69, 9.17) is 23.2 Å². The van der Waals surface area contributed by atoms with E-state index >= 15 is 0 Å². The van der Waals surface area contributed by atoms with Gasteiger partial charge in [0.1, 0.15) is 12.6 Å². The van der Waals surface area contributed by atoms with Gasteiger partial charge < -0.3 is 10.6 Å².